The number of hydrogen-bond donors (Lipinski definition) is 4. The van der Waals surface area contributed by atoms with Crippen molar-refractivity contribution in [3.8, 4) is 0 Å². The molecule has 9 nitrogen and oxygen atoms in total. The Hall–Kier alpha value is -2.69. The number of benzene rings is 1. The lowest BCUT2D eigenvalue weighted by Crippen LogP contribution is -2.43. The molecule has 1 aromatic carbocycles. The average molecular weight is 473 g/mol. The zero-order valence-corrected chi connectivity index (χ0v) is 19.3. The molecule has 176 valence electrons. The van der Waals surface area contributed by atoms with Crippen molar-refractivity contribution in [1.82, 2.24) is 19.6 Å². The fraction of sp³-hybridized carbons (Fsp3) is 0.478. The molecule has 1 saturated carbocycles. The van der Waals surface area contributed by atoms with Gasteiger partial charge in [-0.2, -0.15) is 0 Å². The molecule has 2 aromatic heterocycles. The molecule has 0 amide bonds. The van der Waals surface area contributed by atoms with E-state index in [1.165, 1.54) is 6.07 Å². The van der Waals surface area contributed by atoms with Gasteiger partial charge in [0.1, 0.15) is 5.52 Å². The third-order valence-electron chi connectivity index (χ3n) is 7.35. The van der Waals surface area contributed by atoms with Crippen molar-refractivity contribution in [2.75, 3.05) is 20.1 Å². The van der Waals surface area contributed by atoms with Gasteiger partial charge >= 0.3 is 5.97 Å². The number of nitrogens with zero attached hydrogens (tertiary/aromatic N) is 1. The van der Waals surface area contributed by atoms with Crippen LogP contribution >= 0.6 is 0 Å². The number of aromatic amines is 2. The summed E-state index contributed by atoms with van der Waals surface area (Å²) in [6.45, 7) is 1.66. The smallest absolute Gasteiger partial charge is 0.314 e. The van der Waals surface area contributed by atoms with E-state index >= 15 is 0 Å². The number of nitrogens with one attached hydrogen (secondary N) is 3. The molecular weight excluding hydrogens is 444 g/mol. The van der Waals surface area contributed by atoms with E-state index in [4.69, 9.17) is 0 Å². The van der Waals surface area contributed by atoms with Gasteiger partial charge in [0.05, 0.1) is 10.3 Å². The SMILES string of the molecule is CN1CCC(NS(=O)(=O)c2ccc3[nH]c(=O)c4[nH]cc(C5(C(=O)O)CCCC5)c4c3c2)CC1. The van der Waals surface area contributed by atoms with Crippen LogP contribution in [0.5, 0.6) is 0 Å². The van der Waals surface area contributed by atoms with Gasteiger partial charge in [0, 0.05) is 28.5 Å². The quantitative estimate of drug-likeness (QED) is 0.450. The van der Waals surface area contributed by atoms with Crippen molar-refractivity contribution >= 4 is 37.8 Å². The zero-order chi connectivity index (χ0) is 23.4. The van der Waals surface area contributed by atoms with Gasteiger partial charge in [-0.1, -0.05) is 12.8 Å². The molecule has 5 rings (SSSR count). The highest BCUT2D eigenvalue weighted by Crippen LogP contribution is 2.45. The van der Waals surface area contributed by atoms with Crippen molar-refractivity contribution in [1.29, 1.82) is 0 Å². The summed E-state index contributed by atoms with van der Waals surface area (Å²) in [6.07, 6.45) is 5.64. The Morgan fingerprint density at radius 1 is 1.21 bits per heavy atom. The molecule has 1 aliphatic carbocycles. The molecule has 10 heteroatoms. The largest absolute Gasteiger partial charge is 0.481 e. The molecule has 4 N–H and O–H groups in total. The van der Waals surface area contributed by atoms with Crippen molar-refractivity contribution < 1.29 is 18.3 Å². The number of aliphatic carboxylic acids is 1. The molecule has 3 heterocycles. The van der Waals surface area contributed by atoms with E-state index in [1.54, 1.807) is 18.3 Å². The van der Waals surface area contributed by atoms with Crippen LogP contribution in [0.3, 0.4) is 0 Å². The Morgan fingerprint density at radius 2 is 1.91 bits per heavy atom. The minimum Gasteiger partial charge on any atom is -0.481 e. The van der Waals surface area contributed by atoms with E-state index in [0.717, 1.165) is 38.8 Å². The Morgan fingerprint density at radius 3 is 2.58 bits per heavy atom. The Kier molecular flexibility index (Phi) is 5.34. The number of piperidine rings is 1. The summed E-state index contributed by atoms with van der Waals surface area (Å²) in [5.41, 5.74) is -0.146. The molecule has 1 saturated heterocycles. The number of H-pyrrole nitrogens is 2. The fourth-order valence-electron chi connectivity index (χ4n) is 5.44. The highest BCUT2D eigenvalue weighted by Gasteiger charge is 2.45. The summed E-state index contributed by atoms with van der Waals surface area (Å²) in [6, 6.07) is 4.48. The number of aromatic nitrogens is 2. The lowest BCUT2D eigenvalue weighted by Gasteiger charge is -2.29. The molecule has 1 aliphatic heterocycles. The van der Waals surface area contributed by atoms with E-state index in [2.05, 4.69) is 19.6 Å². The number of likely N-dealkylation sites (tertiary alicyclic amines) is 1. The third-order valence-corrected chi connectivity index (χ3v) is 8.87. The van der Waals surface area contributed by atoms with Gasteiger partial charge in [-0.05, 0) is 69.6 Å². The molecule has 0 radical (unpaired) electrons. The molecule has 2 fully saturated rings. The standard InChI is InChI=1S/C23H28N4O5S/c1-27-10-6-14(7-11-27)26-33(31,32)15-4-5-18-16(12-15)19-17(13-24-20(19)21(28)25-18)23(22(29)30)8-2-3-9-23/h4-5,12-14,24,26H,2-3,6-11H2,1H3,(H,25,28)(H,29,30). The summed E-state index contributed by atoms with van der Waals surface area (Å²) in [7, 11) is -1.76. The average Bonchev–Trinajstić information content (AvgIpc) is 3.43. The number of carbonyl (C=O) groups is 1. The van der Waals surface area contributed by atoms with Crippen LogP contribution in [0.2, 0.25) is 0 Å². The molecule has 0 bridgehead atoms. The maximum absolute atomic E-state index is 13.2. The van der Waals surface area contributed by atoms with Crippen LogP contribution in [0.25, 0.3) is 21.8 Å². The second kappa shape index (κ2) is 7.96. The van der Waals surface area contributed by atoms with E-state index in [9.17, 15) is 23.1 Å². The molecule has 0 unspecified atom stereocenters. The normalized spacial score (nSPS) is 20.0. The van der Waals surface area contributed by atoms with Gasteiger partial charge in [0.25, 0.3) is 5.56 Å². The van der Waals surface area contributed by atoms with Gasteiger partial charge in [-0.15, -0.1) is 0 Å². The van der Waals surface area contributed by atoms with Crippen LogP contribution < -0.4 is 10.3 Å². The molecule has 3 aromatic rings. The number of sulfonamides is 1. The lowest BCUT2D eigenvalue weighted by atomic mass is 9.78. The van der Waals surface area contributed by atoms with Crippen molar-refractivity contribution in [3.05, 3.63) is 40.3 Å². The number of rotatable bonds is 5. The summed E-state index contributed by atoms with van der Waals surface area (Å²) in [5.74, 6) is -0.915. The Bertz CT molecular complexity index is 1390. The second-order valence-corrected chi connectivity index (χ2v) is 11.1. The number of pyridine rings is 1. The minimum absolute atomic E-state index is 0.102. The Balaban J connectivity index is 1.65. The van der Waals surface area contributed by atoms with Crippen LogP contribution in [0, 0.1) is 0 Å². The fourth-order valence-corrected chi connectivity index (χ4v) is 6.77. The van der Waals surface area contributed by atoms with Gasteiger partial charge in [-0.25, -0.2) is 13.1 Å². The molecule has 33 heavy (non-hydrogen) atoms. The van der Waals surface area contributed by atoms with Crippen LogP contribution in [-0.4, -0.2) is 60.5 Å². The number of fused-ring (bicyclic) bond motifs is 3. The predicted octanol–water partition coefficient (Wildman–Crippen LogP) is 2.28. The monoisotopic (exact) mass is 472 g/mol. The molecular formula is C23H28N4O5S. The van der Waals surface area contributed by atoms with Gasteiger partial charge in [-0.3, -0.25) is 9.59 Å². The minimum atomic E-state index is -3.78. The first-order valence-corrected chi connectivity index (χ1v) is 12.8. The van der Waals surface area contributed by atoms with E-state index in [1.807, 2.05) is 7.05 Å². The van der Waals surface area contributed by atoms with Gasteiger partial charge < -0.3 is 20.0 Å². The maximum atomic E-state index is 13.2. The molecule has 0 spiro atoms. The van der Waals surface area contributed by atoms with E-state index < -0.39 is 21.4 Å². The number of hydrogen-bond acceptors (Lipinski definition) is 5. The summed E-state index contributed by atoms with van der Waals surface area (Å²) in [4.78, 5) is 33.1. The van der Waals surface area contributed by atoms with Crippen LogP contribution in [0.15, 0.2) is 34.1 Å². The first kappa shape index (κ1) is 22.1. The maximum Gasteiger partial charge on any atom is 0.314 e. The summed E-state index contributed by atoms with van der Waals surface area (Å²) in [5, 5.41) is 11.1. The molecule has 0 atom stereocenters. The molecule has 2 aliphatic rings. The van der Waals surface area contributed by atoms with Crippen molar-refractivity contribution in [2.45, 2.75) is 54.9 Å². The van der Waals surface area contributed by atoms with Crippen molar-refractivity contribution in [2.24, 2.45) is 0 Å². The number of carboxylic acid groups (broad SMARTS) is 1. The zero-order valence-electron chi connectivity index (χ0n) is 18.5. The lowest BCUT2D eigenvalue weighted by molar-refractivity contribution is -0.143. The predicted molar refractivity (Wildman–Crippen MR) is 125 cm³/mol. The second-order valence-electron chi connectivity index (χ2n) is 9.41. The third kappa shape index (κ3) is 3.66. The van der Waals surface area contributed by atoms with E-state index in [-0.39, 0.29) is 22.0 Å². The van der Waals surface area contributed by atoms with Crippen LogP contribution in [-0.2, 0) is 20.2 Å². The van der Waals surface area contributed by atoms with Crippen LogP contribution in [0.1, 0.15) is 44.1 Å². The van der Waals surface area contributed by atoms with Crippen LogP contribution in [0.4, 0.5) is 0 Å². The Labute approximate surface area is 191 Å². The highest BCUT2D eigenvalue weighted by molar-refractivity contribution is 7.89. The first-order chi connectivity index (χ1) is 15.7. The number of carboxylic acids is 1. The summed E-state index contributed by atoms with van der Waals surface area (Å²) >= 11 is 0. The topological polar surface area (TPSA) is 135 Å². The van der Waals surface area contributed by atoms with Crippen molar-refractivity contribution in [3.63, 3.8) is 0 Å². The summed E-state index contributed by atoms with van der Waals surface area (Å²) < 4.78 is 29.2. The van der Waals surface area contributed by atoms with Gasteiger partial charge in [0.2, 0.25) is 10.0 Å². The van der Waals surface area contributed by atoms with E-state index in [0.29, 0.717) is 34.7 Å². The highest BCUT2D eigenvalue weighted by atomic mass is 32.2. The van der Waals surface area contributed by atoms with Gasteiger partial charge in [0.15, 0.2) is 0 Å². The first-order valence-electron chi connectivity index (χ1n) is 11.3.